The summed E-state index contributed by atoms with van der Waals surface area (Å²) in [5.41, 5.74) is -6.64. The van der Waals surface area contributed by atoms with Gasteiger partial charge in [0.2, 0.25) is 5.91 Å². The van der Waals surface area contributed by atoms with Crippen molar-refractivity contribution in [1.82, 2.24) is 24.7 Å². The van der Waals surface area contributed by atoms with Gasteiger partial charge in [-0.2, -0.15) is 26.3 Å². The molecule has 3 aromatic rings. The fraction of sp³-hybridized carbons (Fsp3) is 0.419. The molecule has 1 atom stereocenters. The number of carbonyl (C=O) groups excluding carboxylic acids is 2. The minimum Gasteiger partial charge on any atom is -0.347 e. The zero-order valence-electron chi connectivity index (χ0n) is 25.8. The van der Waals surface area contributed by atoms with E-state index in [1.165, 1.54) is 21.6 Å². The Bertz CT molecular complexity index is 1750. The molecule has 0 aliphatic carbocycles. The Balaban J connectivity index is 1.55. The van der Waals surface area contributed by atoms with Gasteiger partial charge in [-0.15, -0.1) is 0 Å². The Hall–Kier alpha value is -4.32. The van der Waals surface area contributed by atoms with Crippen molar-refractivity contribution in [2.24, 2.45) is 0 Å². The molecule has 10 nitrogen and oxygen atoms in total. The van der Waals surface area contributed by atoms with E-state index in [4.69, 9.17) is 0 Å². The number of nitrogens with zero attached hydrogens (tertiary/aromatic N) is 5. The zero-order valence-corrected chi connectivity index (χ0v) is 26.7. The van der Waals surface area contributed by atoms with Crippen molar-refractivity contribution >= 4 is 21.8 Å². The largest absolute Gasteiger partial charge is 0.430 e. The summed E-state index contributed by atoms with van der Waals surface area (Å²) in [6.45, 7) is 0.362. The first-order chi connectivity index (χ1) is 22.9. The maximum atomic E-state index is 14.5. The van der Waals surface area contributed by atoms with Crippen LogP contribution < -0.4 is 0 Å². The summed E-state index contributed by atoms with van der Waals surface area (Å²) >= 11 is 0. The highest BCUT2D eigenvalue weighted by Crippen LogP contribution is 2.54. The number of likely N-dealkylation sites (tertiary alicyclic amines) is 1. The molecule has 264 valence electrons. The molecule has 0 unspecified atom stereocenters. The fourth-order valence-corrected chi connectivity index (χ4v) is 8.21. The third-order valence-electron chi connectivity index (χ3n) is 8.83. The second kappa shape index (κ2) is 13.2. The molecule has 2 aliphatic heterocycles. The van der Waals surface area contributed by atoms with Crippen LogP contribution in [0.3, 0.4) is 0 Å². The molecule has 3 amide bonds. The Morgan fingerprint density at radius 1 is 0.837 bits per heavy atom. The van der Waals surface area contributed by atoms with Crippen molar-refractivity contribution in [3.05, 3.63) is 89.8 Å². The molecule has 0 radical (unpaired) electrons. The Labute approximate surface area is 276 Å². The lowest BCUT2D eigenvalue weighted by atomic mass is 9.88. The first-order valence-electron chi connectivity index (χ1n) is 14.9. The quantitative estimate of drug-likeness (QED) is 0.255. The molecule has 18 heteroatoms. The predicted octanol–water partition coefficient (Wildman–Crippen LogP) is 4.81. The Morgan fingerprint density at radius 3 is 1.96 bits per heavy atom. The van der Waals surface area contributed by atoms with Crippen molar-refractivity contribution in [3.8, 4) is 0 Å². The van der Waals surface area contributed by atoms with Crippen LogP contribution in [-0.2, 0) is 36.3 Å². The van der Waals surface area contributed by atoms with Gasteiger partial charge in [-0.25, -0.2) is 27.6 Å². The molecule has 0 bridgehead atoms. The predicted molar refractivity (Wildman–Crippen MR) is 158 cm³/mol. The van der Waals surface area contributed by atoms with E-state index in [0.29, 0.717) is 12.1 Å². The third kappa shape index (κ3) is 6.54. The third-order valence-corrected chi connectivity index (χ3v) is 11.3. The molecule has 49 heavy (non-hydrogen) atoms. The number of ether oxygens (including phenoxy) is 1. The van der Waals surface area contributed by atoms with Crippen LogP contribution in [0, 0.1) is 5.82 Å². The number of hydrogen-bond donors (Lipinski definition) is 0. The lowest BCUT2D eigenvalue weighted by molar-refractivity contribution is -0.392. The van der Waals surface area contributed by atoms with Gasteiger partial charge >= 0.3 is 18.4 Å². The van der Waals surface area contributed by atoms with Crippen molar-refractivity contribution in [2.45, 2.75) is 47.5 Å². The van der Waals surface area contributed by atoms with E-state index in [9.17, 15) is 48.7 Å². The van der Waals surface area contributed by atoms with Crippen LogP contribution in [0.25, 0.3) is 0 Å². The van der Waals surface area contributed by atoms with Crippen molar-refractivity contribution < 1.29 is 53.5 Å². The average molecular weight is 718 g/mol. The highest BCUT2D eigenvalue weighted by Gasteiger charge is 2.73. The van der Waals surface area contributed by atoms with Crippen LogP contribution in [0.15, 0.2) is 72.0 Å². The molecule has 3 heterocycles. The zero-order chi connectivity index (χ0) is 35.8. The number of benzene rings is 2. The van der Waals surface area contributed by atoms with Gasteiger partial charge in [0.15, 0.2) is 9.84 Å². The SMILES string of the molecule is CC(=O)N1CCN(C(=O)N2CC[C@](c3ccc(C(OCc4ccncn4)(C(F)(F)F)C(F)(F)F)cc3)(S(=O)(=O)c3ccc(F)cc3)C2)CC1. The molecule has 5 rings (SSSR count). The molecule has 2 aliphatic rings. The van der Waals surface area contributed by atoms with E-state index in [1.54, 1.807) is 0 Å². The topological polar surface area (TPSA) is 113 Å². The molecular formula is C31H30F7N5O5S. The first-order valence-corrected chi connectivity index (χ1v) is 16.3. The minimum atomic E-state index is -6.03. The standard InChI is InChI=1S/C31H30F7N5O5S/c1-21(44)41-14-16-42(17-15-41)27(45)43-13-11-28(19-43,49(46,47)26-8-6-24(32)7-9-26)22-2-4-23(5-3-22)29(30(33,34)35,31(36,37)38)48-18-25-10-12-39-20-40-25/h2-10,12,20H,11,13-19H2,1H3/t28-/m0/s1. The second-order valence-corrected chi connectivity index (χ2v) is 13.9. The smallest absolute Gasteiger partial charge is 0.347 e. The van der Waals surface area contributed by atoms with E-state index in [1.807, 2.05) is 0 Å². The first kappa shape index (κ1) is 36.0. The maximum absolute atomic E-state index is 14.5. The lowest BCUT2D eigenvalue weighted by Crippen LogP contribution is -2.56. The molecule has 2 aromatic carbocycles. The average Bonchev–Trinajstić information content (AvgIpc) is 3.52. The number of carbonyl (C=O) groups is 2. The molecule has 2 fully saturated rings. The van der Waals surface area contributed by atoms with Gasteiger partial charge in [0, 0.05) is 58.0 Å². The van der Waals surface area contributed by atoms with E-state index in [2.05, 4.69) is 14.7 Å². The highest BCUT2D eigenvalue weighted by atomic mass is 32.2. The molecule has 2 saturated heterocycles. The van der Waals surface area contributed by atoms with Gasteiger partial charge in [0.25, 0.3) is 5.60 Å². The van der Waals surface area contributed by atoms with Gasteiger partial charge in [-0.1, -0.05) is 24.3 Å². The van der Waals surface area contributed by atoms with Gasteiger partial charge in [0.05, 0.1) is 17.2 Å². The van der Waals surface area contributed by atoms with Crippen LogP contribution >= 0.6 is 0 Å². The summed E-state index contributed by atoms with van der Waals surface area (Å²) in [5.74, 6) is -0.927. The number of halogens is 7. The van der Waals surface area contributed by atoms with E-state index in [-0.39, 0.29) is 61.2 Å². The number of rotatable bonds is 7. The summed E-state index contributed by atoms with van der Waals surface area (Å²) < 4.78 is 132. The summed E-state index contributed by atoms with van der Waals surface area (Å²) in [4.78, 5) is 36.3. The summed E-state index contributed by atoms with van der Waals surface area (Å²) in [6, 6.07) is 7.00. The molecule has 0 N–H and O–H groups in total. The fourth-order valence-electron chi connectivity index (χ4n) is 6.14. The lowest BCUT2D eigenvalue weighted by Gasteiger charge is -2.38. The number of aromatic nitrogens is 2. The van der Waals surface area contributed by atoms with Gasteiger partial charge in [-0.05, 0) is 42.3 Å². The molecular weight excluding hydrogens is 687 g/mol. The van der Waals surface area contributed by atoms with Crippen LogP contribution in [0.4, 0.5) is 35.5 Å². The van der Waals surface area contributed by atoms with E-state index >= 15 is 0 Å². The number of amides is 3. The monoisotopic (exact) mass is 717 g/mol. The molecule has 1 aromatic heterocycles. The molecule has 0 saturated carbocycles. The summed E-state index contributed by atoms with van der Waals surface area (Å²) in [7, 11) is -4.56. The van der Waals surface area contributed by atoms with Crippen LogP contribution in [-0.4, -0.2) is 96.6 Å². The Morgan fingerprint density at radius 2 is 1.43 bits per heavy atom. The van der Waals surface area contributed by atoms with E-state index < -0.39 is 63.1 Å². The number of piperazine rings is 1. The Kier molecular flexibility index (Phi) is 9.68. The van der Waals surface area contributed by atoms with Crippen molar-refractivity contribution in [2.75, 3.05) is 39.3 Å². The van der Waals surface area contributed by atoms with Crippen molar-refractivity contribution in [1.29, 1.82) is 0 Å². The van der Waals surface area contributed by atoms with Crippen LogP contribution in [0.5, 0.6) is 0 Å². The minimum absolute atomic E-state index is 0.134. The van der Waals surface area contributed by atoms with E-state index in [0.717, 1.165) is 55.0 Å². The summed E-state index contributed by atoms with van der Waals surface area (Å²) in [6.07, 6.45) is -10.3. The van der Waals surface area contributed by atoms with Crippen LogP contribution in [0.1, 0.15) is 30.2 Å². The summed E-state index contributed by atoms with van der Waals surface area (Å²) in [5, 5.41) is 0. The maximum Gasteiger partial charge on any atom is 0.430 e. The van der Waals surface area contributed by atoms with Crippen LogP contribution in [0.2, 0.25) is 0 Å². The van der Waals surface area contributed by atoms with Gasteiger partial charge in [-0.3, -0.25) is 4.79 Å². The number of alkyl halides is 6. The van der Waals surface area contributed by atoms with Gasteiger partial charge in [0.1, 0.15) is 16.9 Å². The molecule has 0 spiro atoms. The number of hydrogen-bond acceptors (Lipinski definition) is 7. The number of urea groups is 1. The van der Waals surface area contributed by atoms with Gasteiger partial charge < -0.3 is 19.4 Å². The second-order valence-electron chi connectivity index (χ2n) is 11.6. The van der Waals surface area contributed by atoms with Crippen molar-refractivity contribution in [3.63, 3.8) is 0 Å². The number of sulfone groups is 1. The normalized spacial score (nSPS) is 19.3. The highest BCUT2D eigenvalue weighted by molar-refractivity contribution is 7.92.